The van der Waals surface area contributed by atoms with Crippen molar-refractivity contribution in [2.75, 3.05) is 13.1 Å². The highest BCUT2D eigenvalue weighted by molar-refractivity contribution is 5.04. The van der Waals surface area contributed by atoms with E-state index in [-0.39, 0.29) is 0 Å². The van der Waals surface area contributed by atoms with E-state index in [0.29, 0.717) is 0 Å². The van der Waals surface area contributed by atoms with E-state index in [1.165, 1.54) is 0 Å². The molecule has 0 saturated heterocycles. The molecule has 1 rings (SSSR count). The second-order valence-electron chi connectivity index (χ2n) is 2.57. The zero-order chi connectivity index (χ0) is 8.65. The molecule has 0 aromatic carbocycles. The first-order chi connectivity index (χ1) is 5.93. The predicted octanol–water partition coefficient (Wildman–Crippen LogP) is -0.0850. The molecule has 1 aromatic heterocycles. The number of rotatable bonds is 5. The third kappa shape index (κ3) is 3.41. The molecule has 0 aliphatic rings. The summed E-state index contributed by atoms with van der Waals surface area (Å²) in [6.07, 6.45) is 4.47. The molecule has 0 aliphatic heterocycles. The van der Waals surface area contributed by atoms with E-state index in [4.69, 9.17) is 5.73 Å². The summed E-state index contributed by atoms with van der Waals surface area (Å²) in [6.45, 7) is 2.54. The van der Waals surface area contributed by atoms with Crippen LogP contribution in [0.2, 0.25) is 0 Å². The number of aromatic nitrogens is 2. The normalized spacial score (nSPS) is 10.1. The van der Waals surface area contributed by atoms with Crippen LogP contribution < -0.4 is 11.1 Å². The van der Waals surface area contributed by atoms with Gasteiger partial charge >= 0.3 is 0 Å². The van der Waals surface area contributed by atoms with Crippen LogP contribution >= 0.6 is 0 Å². The van der Waals surface area contributed by atoms with E-state index >= 15 is 0 Å². The van der Waals surface area contributed by atoms with Crippen LogP contribution in [0, 0.1) is 0 Å². The Bertz CT molecular complexity index is 199. The van der Waals surface area contributed by atoms with Crippen LogP contribution in [-0.4, -0.2) is 23.3 Å². The van der Waals surface area contributed by atoms with Gasteiger partial charge in [-0.05, 0) is 31.1 Å². The maximum Gasteiger partial charge on any atom is 0.0541 e. The monoisotopic (exact) mass is 166 g/mol. The molecule has 3 N–H and O–H groups in total. The van der Waals surface area contributed by atoms with Crippen LogP contribution in [0.15, 0.2) is 18.5 Å². The lowest BCUT2D eigenvalue weighted by molar-refractivity contribution is 0.653. The van der Waals surface area contributed by atoms with Gasteiger partial charge in [0.05, 0.1) is 6.20 Å². The molecule has 0 amide bonds. The van der Waals surface area contributed by atoms with Gasteiger partial charge in [0.25, 0.3) is 0 Å². The van der Waals surface area contributed by atoms with Crippen molar-refractivity contribution >= 4 is 0 Å². The van der Waals surface area contributed by atoms with Crippen LogP contribution in [0.4, 0.5) is 0 Å². The molecule has 0 bridgehead atoms. The SMILES string of the molecule is NCCCNCc1ccnnc1. The van der Waals surface area contributed by atoms with Gasteiger partial charge in [-0.15, -0.1) is 0 Å². The van der Waals surface area contributed by atoms with Crippen molar-refractivity contribution in [3.05, 3.63) is 24.0 Å². The largest absolute Gasteiger partial charge is 0.330 e. The summed E-state index contributed by atoms with van der Waals surface area (Å²) in [5, 5.41) is 10.7. The zero-order valence-corrected chi connectivity index (χ0v) is 7.03. The minimum absolute atomic E-state index is 0.738. The summed E-state index contributed by atoms with van der Waals surface area (Å²) in [7, 11) is 0. The molecule has 0 atom stereocenters. The van der Waals surface area contributed by atoms with Gasteiger partial charge in [0.2, 0.25) is 0 Å². The average Bonchev–Trinajstić information content (AvgIpc) is 2.14. The highest BCUT2D eigenvalue weighted by Gasteiger charge is 1.90. The first-order valence-electron chi connectivity index (χ1n) is 4.10. The van der Waals surface area contributed by atoms with Crippen molar-refractivity contribution < 1.29 is 0 Å². The van der Waals surface area contributed by atoms with E-state index in [1.54, 1.807) is 12.4 Å². The van der Waals surface area contributed by atoms with Crippen LogP contribution in [0.1, 0.15) is 12.0 Å². The van der Waals surface area contributed by atoms with Gasteiger partial charge in [-0.2, -0.15) is 10.2 Å². The lowest BCUT2D eigenvalue weighted by atomic mass is 10.3. The molecule has 0 fully saturated rings. The molecule has 1 aromatic rings. The zero-order valence-electron chi connectivity index (χ0n) is 7.03. The number of nitrogens with one attached hydrogen (secondary N) is 1. The van der Waals surface area contributed by atoms with Gasteiger partial charge in [0.1, 0.15) is 0 Å². The van der Waals surface area contributed by atoms with Crippen molar-refractivity contribution in [1.29, 1.82) is 0 Å². The summed E-state index contributed by atoms with van der Waals surface area (Å²) in [6, 6.07) is 1.95. The van der Waals surface area contributed by atoms with E-state index in [9.17, 15) is 0 Å². The molecule has 0 unspecified atom stereocenters. The first kappa shape index (κ1) is 9.09. The third-order valence-corrected chi connectivity index (χ3v) is 1.53. The van der Waals surface area contributed by atoms with Crippen molar-refractivity contribution in [3.63, 3.8) is 0 Å². The van der Waals surface area contributed by atoms with E-state index < -0.39 is 0 Å². The molecule has 0 aliphatic carbocycles. The Balaban J connectivity index is 2.16. The van der Waals surface area contributed by atoms with Gasteiger partial charge in [0, 0.05) is 12.7 Å². The second kappa shape index (κ2) is 5.62. The Labute approximate surface area is 72.2 Å². The molecule has 0 spiro atoms. The minimum Gasteiger partial charge on any atom is -0.330 e. The van der Waals surface area contributed by atoms with E-state index in [1.807, 2.05) is 6.07 Å². The fraction of sp³-hybridized carbons (Fsp3) is 0.500. The Morgan fingerprint density at radius 1 is 1.42 bits per heavy atom. The Kier molecular flexibility index (Phi) is 4.26. The average molecular weight is 166 g/mol. The molecule has 0 radical (unpaired) electrons. The molecule has 1 heterocycles. The summed E-state index contributed by atoms with van der Waals surface area (Å²) in [4.78, 5) is 0. The summed E-state index contributed by atoms with van der Waals surface area (Å²) in [5.41, 5.74) is 6.50. The van der Waals surface area contributed by atoms with E-state index in [0.717, 1.165) is 31.6 Å². The summed E-state index contributed by atoms with van der Waals surface area (Å²) in [5.74, 6) is 0. The molecule has 4 heteroatoms. The van der Waals surface area contributed by atoms with Gasteiger partial charge in [0.15, 0.2) is 0 Å². The fourth-order valence-corrected chi connectivity index (χ4v) is 0.882. The number of nitrogens with two attached hydrogens (primary N) is 1. The van der Waals surface area contributed by atoms with Gasteiger partial charge in [-0.25, -0.2) is 0 Å². The molecule has 66 valence electrons. The lowest BCUT2D eigenvalue weighted by Crippen LogP contribution is -2.17. The Morgan fingerprint density at radius 2 is 2.33 bits per heavy atom. The topological polar surface area (TPSA) is 63.8 Å². The van der Waals surface area contributed by atoms with Gasteiger partial charge < -0.3 is 11.1 Å². The standard InChI is InChI=1S/C8H14N4/c9-3-1-4-10-6-8-2-5-11-12-7-8/h2,5,7,10H,1,3-4,6,9H2. The van der Waals surface area contributed by atoms with Gasteiger partial charge in [-0.1, -0.05) is 0 Å². The predicted molar refractivity (Wildman–Crippen MR) is 47.4 cm³/mol. The van der Waals surface area contributed by atoms with Crippen molar-refractivity contribution in [2.45, 2.75) is 13.0 Å². The molecule has 4 nitrogen and oxygen atoms in total. The maximum absolute atomic E-state index is 5.35. The fourth-order valence-electron chi connectivity index (χ4n) is 0.882. The highest BCUT2D eigenvalue weighted by atomic mass is 15.1. The summed E-state index contributed by atoms with van der Waals surface area (Å²) >= 11 is 0. The number of hydrogen-bond acceptors (Lipinski definition) is 4. The second-order valence-corrected chi connectivity index (χ2v) is 2.57. The van der Waals surface area contributed by atoms with Crippen LogP contribution in [0.3, 0.4) is 0 Å². The van der Waals surface area contributed by atoms with E-state index in [2.05, 4.69) is 15.5 Å². The minimum atomic E-state index is 0.738. The smallest absolute Gasteiger partial charge is 0.0541 e. The molecular weight excluding hydrogens is 152 g/mol. The Hall–Kier alpha value is -1.00. The first-order valence-corrected chi connectivity index (χ1v) is 4.10. The molecule has 0 saturated carbocycles. The Morgan fingerprint density at radius 3 is 3.00 bits per heavy atom. The summed E-state index contributed by atoms with van der Waals surface area (Å²) < 4.78 is 0. The quantitative estimate of drug-likeness (QED) is 0.600. The van der Waals surface area contributed by atoms with Crippen LogP contribution in [-0.2, 0) is 6.54 Å². The number of hydrogen-bond donors (Lipinski definition) is 2. The lowest BCUT2D eigenvalue weighted by Gasteiger charge is -2.01. The molecule has 12 heavy (non-hydrogen) atoms. The van der Waals surface area contributed by atoms with Crippen LogP contribution in [0.25, 0.3) is 0 Å². The van der Waals surface area contributed by atoms with Crippen molar-refractivity contribution in [2.24, 2.45) is 5.73 Å². The van der Waals surface area contributed by atoms with Crippen molar-refractivity contribution in [3.8, 4) is 0 Å². The number of nitrogens with zero attached hydrogens (tertiary/aromatic N) is 2. The third-order valence-electron chi connectivity index (χ3n) is 1.53. The van der Waals surface area contributed by atoms with Crippen LogP contribution in [0.5, 0.6) is 0 Å². The highest BCUT2D eigenvalue weighted by Crippen LogP contribution is 1.91. The van der Waals surface area contributed by atoms with Crippen molar-refractivity contribution in [1.82, 2.24) is 15.5 Å². The maximum atomic E-state index is 5.35. The van der Waals surface area contributed by atoms with Gasteiger partial charge in [-0.3, -0.25) is 0 Å². The molecular formula is C8H14N4.